The lowest BCUT2D eigenvalue weighted by atomic mass is 9.92. The predicted molar refractivity (Wildman–Crippen MR) is 96.6 cm³/mol. The van der Waals surface area contributed by atoms with E-state index in [2.05, 4.69) is 10.2 Å². The Morgan fingerprint density at radius 2 is 1.92 bits per heavy atom. The van der Waals surface area contributed by atoms with Gasteiger partial charge in [-0.1, -0.05) is 12.1 Å². The van der Waals surface area contributed by atoms with Gasteiger partial charge in [-0.2, -0.15) is 0 Å². The van der Waals surface area contributed by atoms with Crippen LogP contribution in [0.1, 0.15) is 25.7 Å². The van der Waals surface area contributed by atoms with Crippen LogP contribution in [0, 0.1) is 5.92 Å². The Morgan fingerprint density at radius 3 is 2.62 bits per heavy atom. The maximum atomic E-state index is 12.9. The van der Waals surface area contributed by atoms with Crippen LogP contribution in [0.2, 0.25) is 0 Å². The molecule has 24 heavy (non-hydrogen) atoms. The summed E-state index contributed by atoms with van der Waals surface area (Å²) in [7, 11) is 3.67. The normalized spacial score (nSPS) is 23.0. The first-order chi connectivity index (χ1) is 11.7. The highest BCUT2D eigenvalue weighted by atomic mass is 16.5. The van der Waals surface area contributed by atoms with Crippen LogP contribution in [0.3, 0.4) is 0 Å². The summed E-state index contributed by atoms with van der Waals surface area (Å²) in [5.74, 6) is 1.81. The third kappa shape index (κ3) is 3.57. The number of nitrogens with one attached hydrogen (secondary N) is 1. The Morgan fingerprint density at radius 1 is 1.17 bits per heavy atom. The van der Waals surface area contributed by atoms with Gasteiger partial charge in [-0.25, -0.2) is 0 Å². The van der Waals surface area contributed by atoms with Crippen LogP contribution in [0.4, 0.5) is 5.69 Å². The number of carbonyl (C=O) groups excluding carboxylic acids is 1. The highest BCUT2D eigenvalue weighted by molar-refractivity contribution is 6.00. The van der Waals surface area contributed by atoms with Crippen molar-refractivity contribution in [1.29, 1.82) is 0 Å². The second-order valence-corrected chi connectivity index (χ2v) is 6.84. The molecule has 1 aromatic rings. The summed E-state index contributed by atoms with van der Waals surface area (Å²) < 4.78 is 5.42. The molecule has 0 aromatic heterocycles. The van der Waals surface area contributed by atoms with Crippen molar-refractivity contribution >= 4 is 11.6 Å². The molecule has 5 nitrogen and oxygen atoms in total. The first-order valence-corrected chi connectivity index (χ1v) is 9.07. The van der Waals surface area contributed by atoms with Gasteiger partial charge in [0.15, 0.2) is 0 Å². The minimum Gasteiger partial charge on any atom is -0.495 e. The van der Waals surface area contributed by atoms with Gasteiger partial charge in [0.05, 0.1) is 18.8 Å². The summed E-state index contributed by atoms with van der Waals surface area (Å²) >= 11 is 0. The van der Waals surface area contributed by atoms with E-state index in [9.17, 15) is 4.79 Å². The van der Waals surface area contributed by atoms with Crippen LogP contribution in [-0.4, -0.2) is 57.2 Å². The smallest absolute Gasteiger partial charge is 0.244 e. The molecule has 2 fully saturated rings. The fraction of sp³-hybridized carbons (Fsp3) is 0.632. The zero-order valence-electron chi connectivity index (χ0n) is 14.8. The first kappa shape index (κ1) is 17.2. The second-order valence-electron chi connectivity index (χ2n) is 6.84. The molecule has 2 heterocycles. The van der Waals surface area contributed by atoms with E-state index in [1.165, 1.54) is 19.3 Å². The molecule has 1 N–H and O–H groups in total. The van der Waals surface area contributed by atoms with E-state index in [1.807, 2.05) is 36.2 Å². The Hall–Kier alpha value is -1.59. The SMILES string of the molecule is CNCCC1CCN(C2CCN(c3ccccc3OC)C2=O)CC1. The molecule has 1 unspecified atom stereocenters. The molecule has 1 aromatic carbocycles. The molecule has 2 aliphatic heterocycles. The van der Waals surface area contributed by atoms with Crippen LogP contribution in [0.25, 0.3) is 0 Å². The Labute approximate surface area is 145 Å². The lowest BCUT2D eigenvalue weighted by Crippen LogP contribution is -2.46. The van der Waals surface area contributed by atoms with Gasteiger partial charge in [-0.3, -0.25) is 9.69 Å². The van der Waals surface area contributed by atoms with Gasteiger partial charge in [0.1, 0.15) is 5.75 Å². The quantitative estimate of drug-likeness (QED) is 0.867. The van der Waals surface area contributed by atoms with Crippen molar-refractivity contribution in [3.63, 3.8) is 0 Å². The third-order valence-corrected chi connectivity index (χ3v) is 5.45. The molecule has 0 spiro atoms. The largest absolute Gasteiger partial charge is 0.495 e. The molecular formula is C19H29N3O2. The van der Waals surface area contributed by atoms with Crippen molar-refractivity contribution in [2.75, 3.05) is 45.2 Å². The number of rotatable bonds is 6. The molecule has 2 saturated heterocycles. The molecular weight excluding hydrogens is 302 g/mol. The summed E-state index contributed by atoms with van der Waals surface area (Å²) in [6, 6.07) is 7.84. The van der Waals surface area contributed by atoms with Crippen molar-refractivity contribution in [1.82, 2.24) is 10.2 Å². The number of nitrogens with zero attached hydrogens (tertiary/aromatic N) is 2. The van der Waals surface area contributed by atoms with Gasteiger partial charge in [-0.05, 0) is 70.4 Å². The summed E-state index contributed by atoms with van der Waals surface area (Å²) in [5, 5.41) is 3.24. The number of ether oxygens (including phenoxy) is 1. The van der Waals surface area contributed by atoms with E-state index in [-0.39, 0.29) is 11.9 Å². The van der Waals surface area contributed by atoms with Crippen molar-refractivity contribution in [2.45, 2.75) is 31.7 Å². The average Bonchev–Trinajstić information content (AvgIpc) is 3.01. The summed E-state index contributed by atoms with van der Waals surface area (Å²) in [6.45, 7) is 3.97. The van der Waals surface area contributed by atoms with Crippen molar-refractivity contribution < 1.29 is 9.53 Å². The summed E-state index contributed by atoms with van der Waals surface area (Å²) in [6.07, 6.45) is 4.58. The fourth-order valence-electron chi connectivity index (χ4n) is 4.00. The van der Waals surface area contributed by atoms with Gasteiger partial charge < -0.3 is 15.0 Å². The molecule has 5 heteroatoms. The number of piperidine rings is 1. The lowest BCUT2D eigenvalue weighted by Gasteiger charge is -2.35. The first-order valence-electron chi connectivity index (χ1n) is 9.07. The van der Waals surface area contributed by atoms with E-state index < -0.39 is 0 Å². The zero-order chi connectivity index (χ0) is 16.9. The fourth-order valence-corrected chi connectivity index (χ4v) is 4.00. The standard InChI is InChI=1S/C19H29N3O2/c1-20-11-7-15-8-12-21(13-9-15)17-10-14-22(19(17)23)16-5-3-4-6-18(16)24-2/h3-6,15,17,20H,7-14H2,1-2H3. The van der Waals surface area contributed by atoms with Crippen LogP contribution < -0.4 is 15.0 Å². The number of amides is 1. The van der Waals surface area contributed by atoms with E-state index in [4.69, 9.17) is 4.74 Å². The molecule has 0 aliphatic carbocycles. The molecule has 0 saturated carbocycles. The Balaban J connectivity index is 1.61. The highest BCUT2D eigenvalue weighted by Gasteiger charge is 2.38. The third-order valence-electron chi connectivity index (χ3n) is 5.45. The van der Waals surface area contributed by atoms with Gasteiger partial charge in [-0.15, -0.1) is 0 Å². The van der Waals surface area contributed by atoms with Crippen LogP contribution in [-0.2, 0) is 4.79 Å². The van der Waals surface area contributed by atoms with Gasteiger partial charge >= 0.3 is 0 Å². The number of para-hydroxylation sites is 2. The van der Waals surface area contributed by atoms with Gasteiger partial charge in [0, 0.05) is 6.54 Å². The number of likely N-dealkylation sites (tertiary alicyclic amines) is 1. The van der Waals surface area contributed by atoms with Crippen molar-refractivity contribution in [2.24, 2.45) is 5.92 Å². The maximum absolute atomic E-state index is 12.9. The number of benzene rings is 1. The maximum Gasteiger partial charge on any atom is 0.244 e. The Bertz CT molecular complexity index is 555. The number of methoxy groups -OCH3 is 1. The minimum absolute atomic E-state index is 0.0418. The van der Waals surface area contributed by atoms with Gasteiger partial charge in [0.25, 0.3) is 0 Å². The van der Waals surface area contributed by atoms with Crippen LogP contribution in [0.15, 0.2) is 24.3 Å². The van der Waals surface area contributed by atoms with E-state index in [0.29, 0.717) is 0 Å². The molecule has 1 amide bonds. The van der Waals surface area contributed by atoms with Crippen LogP contribution >= 0.6 is 0 Å². The number of carbonyl (C=O) groups is 1. The topological polar surface area (TPSA) is 44.8 Å². The van der Waals surface area contributed by atoms with E-state index in [0.717, 1.165) is 50.0 Å². The Kier molecular flexibility index (Phi) is 5.74. The van der Waals surface area contributed by atoms with E-state index >= 15 is 0 Å². The highest BCUT2D eigenvalue weighted by Crippen LogP contribution is 2.33. The van der Waals surface area contributed by atoms with Crippen LogP contribution in [0.5, 0.6) is 5.75 Å². The van der Waals surface area contributed by atoms with E-state index in [1.54, 1.807) is 7.11 Å². The molecule has 2 aliphatic rings. The molecule has 1 atom stereocenters. The molecule has 3 rings (SSSR count). The lowest BCUT2D eigenvalue weighted by molar-refractivity contribution is -0.122. The van der Waals surface area contributed by atoms with Gasteiger partial charge in [0.2, 0.25) is 5.91 Å². The molecule has 0 radical (unpaired) electrons. The van der Waals surface area contributed by atoms with Crippen molar-refractivity contribution in [3.05, 3.63) is 24.3 Å². The van der Waals surface area contributed by atoms with Crippen molar-refractivity contribution in [3.8, 4) is 5.75 Å². The molecule has 0 bridgehead atoms. The molecule has 132 valence electrons. The predicted octanol–water partition coefficient (Wildman–Crippen LogP) is 2.12. The summed E-state index contributed by atoms with van der Waals surface area (Å²) in [5.41, 5.74) is 0.899. The zero-order valence-corrected chi connectivity index (χ0v) is 14.8. The second kappa shape index (κ2) is 7.99. The number of anilines is 1. The number of hydrogen-bond acceptors (Lipinski definition) is 4. The number of hydrogen-bond donors (Lipinski definition) is 1. The minimum atomic E-state index is 0.0418. The monoisotopic (exact) mass is 331 g/mol. The average molecular weight is 331 g/mol. The summed E-state index contributed by atoms with van der Waals surface area (Å²) in [4.78, 5) is 17.2.